The molecule has 8 heteroatoms. The largest absolute Gasteiger partial charge is 0.393 e. The number of hydrogen-bond acceptors (Lipinski definition) is 4. The van der Waals surface area contributed by atoms with Crippen LogP contribution in [0.5, 0.6) is 0 Å². The van der Waals surface area contributed by atoms with Crippen LogP contribution in [0.15, 0.2) is 29.3 Å². The van der Waals surface area contributed by atoms with Gasteiger partial charge in [0.15, 0.2) is 5.96 Å². The van der Waals surface area contributed by atoms with E-state index in [1.165, 1.54) is 12.1 Å². The van der Waals surface area contributed by atoms with E-state index in [2.05, 4.69) is 22.1 Å². The number of piperidine rings is 1. The van der Waals surface area contributed by atoms with Gasteiger partial charge < -0.3 is 15.3 Å². The van der Waals surface area contributed by atoms with Gasteiger partial charge in [-0.3, -0.25) is 10.1 Å². The average Bonchev–Trinajstić information content (AvgIpc) is 2.59. The van der Waals surface area contributed by atoms with E-state index in [0.717, 1.165) is 56.8 Å². The molecule has 0 spiro atoms. The molecule has 1 aliphatic heterocycles. The van der Waals surface area contributed by atoms with Gasteiger partial charge in [-0.15, -0.1) is 24.0 Å². The summed E-state index contributed by atoms with van der Waals surface area (Å²) in [5.74, 6) is 0.855. The minimum absolute atomic E-state index is 0. The van der Waals surface area contributed by atoms with Crippen molar-refractivity contribution in [3.8, 4) is 0 Å². The number of likely N-dealkylation sites (tertiary alicyclic amines) is 1. The molecule has 0 atom stereocenters. The van der Waals surface area contributed by atoms with E-state index in [1.807, 2.05) is 0 Å². The molecule has 1 fully saturated rings. The minimum Gasteiger partial charge on any atom is -0.393 e. The van der Waals surface area contributed by atoms with Crippen LogP contribution in [0.25, 0.3) is 0 Å². The van der Waals surface area contributed by atoms with Crippen molar-refractivity contribution in [3.05, 3.63) is 39.9 Å². The van der Waals surface area contributed by atoms with E-state index in [0.29, 0.717) is 6.54 Å². The van der Waals surface area contributed by atoms with E-state index in [4.69, 9.17) is 0 Å². The molecule has 1 aromatic carbocycles. The van der Waals surface area contributed by atoms with Crippen molar-refractivity contribution in [2.75, 3.05) is 19.6 Å². The lowest BCUT2D eigenvalue weighted by atomic mass is 10.1. The summed E-state index contributed by atoms with van der Waals surface area (Å²) in [5, 5.41) is 23.7. The average molecular weight is 462 g/mol. The number of rotatable bonds is 6. The summed E-state index contributed by atoms with van der Waals surface area (Å²) in [6.45, 7) is 5.07. The molecule has 0 unspecified atom stereocenters. The van der Waals surface area contributed by atoms with E-state index < -0.39 is 4.92 Å². The molecule has 1 saturated heterocycles. The molecule has 0 bridgehead atoms. The second-order valence-corrected chi connectivity index (χ2v) is 6.06. The molecular weight excluding hydrogens is 435 g/mol. The third-order valence-electron chi connectivity index (χ3n) is 4.14. The molecular formula is C17H27IN4O3. The molecule has 0 radical (unpaired) electrons. The topological polar surface area (TPSA) is 91.0 Å². The van der Waals surface area contributed by atoms with Gasteiger partial charge in [-0.25, -0.2) is 4.99 Å². The van der Waals surface area contributed by atoms with Gasteiger partial charge in [-0.1, -0.05) is 25.5 Å². The van der Waals surface area contributed by atoms with E-state index in [-0.39, 0.29) is 35.8 Å². The highest BCUT2D eigenvalue weighted by atomic mass is 127. The summed E-state index contributed by atoms with van der Waals surface area (Å²) in [7, 11) is 0. The molecule has 0 amide bonds. The van der Waals surface area contributed by atoms with Gasteiger partial charge in [-0.2, -0.15) is 0 Å². The zero-order valence-corrected chi connectivity index (χ0v) is 16.9. The van der Waals surface area contributed by atoms with Crippen LogP contribution in [0.2, 0.25) is 0 Å². The Balaban J connectivity index is 0.00000312. The fourth-order valence-electron chi connectivity index (χ4n) is 2.61. The first-order chi connectivity index (χ1) is 11.6. The predicted molar refractivity (Wildman–Crippen MR) is 109 cm³/mol. The Bertz CT molecular complexity index is 558. The standard InChI is InChI=1S/C17H26N4O3.HI/c1-2-3-10-18-17(20-11-8-16(22)9-12-20)19-13-14-4-6-15(7-5-14)21(23)24;/h4-7,16,22H,2-3,8-13H2,1H3,(H,18,19);1H. The van der Waals surface area contributed by atoms with E-state index >= 15 is 0 Å². The number of aliphatic hydroxyl groups is 1. The predicted octanol–water partition coefficient (Wildman–Crippen LogP) is 2.92. The van der Waals surface area contributed by atoms with Crippen LogP contribution in [0.1, 0.15) is 38.2 Å². The SMILES string of the molecule is CCCCNC(=NCc1ccc([N+](=O)[O-])cc1)N1CCC(O)CC1.I. The zero-order valence-electron chi connectivity index (χ0n) is 14.6. The number of nitrogens with zero attached hydrogens (tertiary/aromatic N) is 3. The van der Waals surface area contributed by atoms with Crippen molar-refractivity contribution >= 4 is 35.6 Å². The van der Waals surface area contributed by atoms with Crippen LogP contribution in [0.3, 0.4) is 0 Å². The van der Waals surface area contributed by atoms with Crippen molar-refractivity contribution in [2.24, 2.45) is 4.99 Å². The number of benzene rings is 1. The summed E-state index contributed by atoms with van der Waals surface area (Å²) >= 11 is 0. The first-order valence-corrected chi connectivity index (χ1v) is 8.54. The van der Waals surface area contributed by atoms with Crippen LogP contribution in [-0.4, -0.2) is 46.6 Å². The maximum Gasteiger partial charge on any atom is 0.269 e. The first-order valence-electron chi connectivity index (χ1n) is 8.54. The molecule has 2 rings (SSSR count). The Morgan fingerprint density at radius 2 is 2.00 bits per heavy atom. The summed E-state index contributed by atoms with van der Waals surface area (Å²) in [6, 6.07) is 6.50. The molecule has 0 saturated carbocycles. The quantitative estimate of drug-likeness (QED) is 0.170. The number of guanidine groups is 1. The second kappa shape index (κ2) is 11.2. The molecule has 1 aromatic rings. The molecule has 140 valence electrons. The number of halogens is 1. The number of non-ortho nitro benzene ring substituents is 1. The van der Waals surface area contributed by atoms with Crippen LogP contribution in [0.4, 0.5) is 5.69 Å². The van der Waals surface area contributed by atoms with Crippen molar-refractivity contribution in [1.82, 2.24) is 10.2 Å². The number of nitrogens with one attached hydrogen (secondary N) is 1. The normalized spacial score (nSPS) is 15.6. The lowest BCUT2D eigenvalue weighted by Crippen LogP contribution is -2.46. The van der Waals surface area contributed by atoms with Crippen LogP contribution in [0, 0.1) is 10.1 Å². The number of aliphatic hydroxyl groups excluding tert-OH is 1. The Labute approximate surface area is 165 Å². The van der Waals surface area contributed by atoms with Crippen molar-refractivity contribution in [3.63, 3.8) is 0 Å². The Morgan fingerprint density at radius 1 is 1.36 bits per heavy atom. The lowest BCUT2D eigenvalue weighted by molar-refractivity contribution is -0.384. The van der Waals surface area contributed by atoms with Gasteiger partial charge in [0.05, 0.1) is 17.6 Å². The van der Waals surface area contributed by atoms with E-state index in [9.17, 15) is 15.2 Å². The number of hydrogen-bond donors (Lipinski definition) is 2. The fourth-order valence-corrected chi connectivity index (χ4v) is 2.61. The van der Waals surface area contributed by atoms with Crippen LogP contribution >= 0.6 is 24.0 Å². The maximum atomic E-state index is 10.7. The van der Waals surface area contributed by atoms with E-state index in [1.54, 1.807) is 12.1 Å². The molecule has 25 heavy (non-hydrogen) atoms. The number of nitro groups is 1. The zero-order chi connectivity index (χ0) is 17.4. The second-order valence-electron chi connectivity index (χ2n) is 6.06. The van der Waals surface area contributed by atoms with Crippen molar-refractivity contribution < 1.29 is 10.0 Å². The van der Waals surface area contributed by atoms with Crippen molar-refractivity contribution in [2.45, 2.75) is 45.3 Å². The third kappa shape index (κ3) is 7.15. The summed E-state index contributed by atoms with van der Waals surface area (Å²) in [4.78, 5) is 17.1. The number of unbranched alkanes of at least 4 members (excludes halogenated alkanes) is 1. The molecule has 1 heterocycles. The summed E-state index contributed by atoms with van der Waals surface area (Å²) in [5.41, 5.74) is 1.03. The Hall–Kier alpha value is -1.42. The molecule has 0 aliphatic carbocycles. The van der Waals surface area contributed by atoms with Crippen LogP contribution < -0.4 is 5.32 Å². The molecule has 0 aromatic heterocycles. The van der Waals surface area contributed by atoms with Gasteiger partial charge in [0.1, 0.15) is 0 Å². The fraction of sp³-hybridized carbons (Fsp3) is 0.588. The Morgan fingerprint density at radius 3 is 2.56 bits per heavy atom. The maximum absolute atomic E-state index is 10.7. The third-order valence-corrected chi connectivity index (χ3v) is 4.14. The monoisotopic (exact) mass is 462 g/mol. The van der Waals surface area contributed by atoms with Gasteiger partial charge in [0, 0.05) is 31.8 Å². The number of nitro benzene ring substituents is 1. The van der Waals surface area contributed by atoms with Gasteiger partial charge in [-0.05, 0) is 24.8 Å². The van der Waals surface area contributed by atoms with Crippen molar-refractivity contribution in [1.29, 1.82) is 0 Å². The molecule has 7 nitrogen and oxygen atoms in total. The van der Waals surface area contributed by atoms with Gasteiger partial charge in [0.25, 0.3) is 5.69 Å². The highest BCUT2D eigenvalue weighted by Crippen LogP contribution is 2.14. The molecule has 1 aliphatic rings. The lowest BCUT2D eigenvalue weighted by Gasteiger charge is -2.32. The first kappa shape index (κ1) is 21.6. The number of aliphatic imine (C=N–C) groups is 1. The summed E-state index contributed by atoms with van der Waals surface area (Å²) in [6.07, 6.45) is 3.49. The Kier molecular flexibility index (Phi) is 9.73. The molecule has 2 N–H and O–H groups in total. The van der Waals surface area contributed by atoms with Gasteiger partial charge in [0.2, 0.25) is 0 Å². The highest BCUT2D eigenvalue weighted by molar-refractivity contribution is 14.0. The highest BCUT2D eigenvalue weighted by Gasteiger charge is 2.19. The smallest absolute Gasteiger partial charge is 0.269 e. The van der Waals surface area contributed by atoms with Crippen LogP contribution in [-0.2, 0) is 6.54 Å². The van der Waals surface area contributed by atoms with Gasteiger partial charge >= 0.3 is 0 Å². The summed E-state index contributed by atoms with van der Waals surface area (Å²) < 4.78 is 0. The minimum atomic E-state index is -0.399.